The van der Waals surface area contributed by atoms with Crippen LogP contribution in [-0.4, -0.2) is 74.3 Å². The summed E-state index contributed by atoms with van der Waals surface area (Å²) in [6, 6.07) is -0.854. The van der Waals surface area contributed by atoms with Crippen molar-refractivity contribution in [2.45, 2.75) is 283 Å². The van der Waals surface area contributed by atoms with Crippen molar-refractivity contribution >= 4 is 19.7 Å². The summed E-state index contributed by atoms with van der Waals surface area (Å²) in [5.74, 6) is -0.522. The van der Waals surface area contributed by atoms with Crippen molar-refractivity contribution in [2.24, 2.45) is 0 Å². The maximum atomic E-state index is 13.5. The Morgan fingerprint density at radius 3 is 1.26 bits per heavy atom. The van der Waals surface area contributed by atoms with Crippen LogP contribution in [0.5, 0.6) is 0 Å². The Morgan fingerprint density at radius 1 is 0.500 bits per heavy atom. The number of unbranched alkanes of at least 4 members (excludes halogenated alkanes) is 32. The molecule has 0 aliphatic carbocycles. The average molecular weight is 981 g/mol. The average Bonchev–Trinajstić information content (AvgIpc) is 3.29. The van der Waals surface area contributed by atoms with Crippen molar-refractivity contribution in [3.8, 4) is 0 Å². The second kappa shape index (κ2) is 48.8. The molecular formula is C58H112N2O7P+. The highest BCUT2D eigenvalue weighted by Gasteiger charge is 2.30. The van der Waals surface area contributed by atoms with Crippen molar-refractivity contribution in [3.63, 3.8) is 0 Å². The quantitative estimate of drug-likeness (QED) is 0.0205. The molecule has 0 radical (unpaired) electrons. The number of hydrogen-bond acceptors (Lipinski definition) is 6. The highest BCUT2D eigenvalue weighted by molar-refractivity contribution is 7.47. The predicted octanol–water partition coefficient (Wildman–Crippen LogP) is 17.2. The first-order valence-electron chi connectivity index (χ1n) is 28.8. The van der Waals surface area contributed by atoms with Crippen LogP contribution in [0.1, 0.15) is 271 Å². The molecule has 0 aliphatic rings. The molecule has 3 unspecified atom stereocenters. The summed E-state index contributed by atoms with van der Waals surface area (Å²) >= 11 is 0. The third kappa shape index (κ3) is 49.2. The molecule has 0 aromatic carbocycles. The zero-order chi connectivity index (χ0) is 50.1. The van der Waals surface area contributed by atoms with Crippen molar-refractivity contribution in [2.75, 3.05) is 40.9 Å². The predicted molar refractivity (Wildman–Crippen MR) is 291 cm³/mol. The molecule has 0 heterocycles. The zero-order valence-corrected chi connectivity index (χ0v) is 46.5. The van der Waals surface area contributed by atoms with Gasteiger partial charge in [-0.25, -0.2) is 4.57 Å². The molecule has 2 N–H and O–H groups in total. The van der Waals surface area contributed by atoms with Gasteiger partial charge in [-0.15, -0.1) is 0 Å². The highest BCUT2D eigenvalue weighted by Crippen LogP contribution is 2.43. The molecule has 9 nitrogen and oxygen atoms in total. The lowest BCUT2D eigenvalue weighted by Crippen LogP contribution is -2.47. The molecule has 0 aliphatic heterocycles. The number of hydrogen-bond donors (Lipinski definition) is 2. The minimum Gasteiger partial charge on any atom is -0.456 e. The Hall–Kier alpha value is -1.77. The summed E-state index contributed by atoms with van der Waals surface area (Å²) in [6.45, 7) is 6.99. The van der Waals surface area contributed by atoms with Gasteiger partial charge in [-0.2, -0.15) is 0 Å². The summed E-state index contributed by atoms with van der Waals surface area (Å²) in [4.78, 5) is 37.5. The summed E-state index contributed by atoms with van der Waals surface area (Å²) in [5.41, 5.74) is 0. The van der Waals surface area contributed by atoms with Crippen LogP contribution in [0.25, 0.3) is 0 Å². The first-order valence-corrected chi connectivity index (χ1v) is 30.3. The van der Waals surface area contributed by atoms with E-state index in [9.17, 15) is 19.0 Å². The van der Waals surface area contributed by atoms with Gasteiger partial charge in [0.15, 0.2) is 0 Å². The van der Waals surface area contributed by atoms with Gasteiger partial charge < -0.3 is 19.4 Å². The van der Waals surface area contributed by atoms with Crippen LogP contribution in [0.3, 0.4) is 0 Å². The molecule has 0 bridgehead atoms. The van der Waals surface area contributed by atoms with Crippen LogP contribution in [-0.2, 0) is 27.9 Å². The second-order valence-corrected chi connectivity index (χ2v) is 22.3. The minimum absolute atomic E-state index is 0.0381. The van der Waals surface area contributed by atoms with Crippen LogP contribution in [0.2, 0.25) is 0 Å². The maximum Gasteiger partial charge on any atom is 0.472 e. The Balaban J connectivity index is 5.35. The summed E-state index contributed by atoms with van der Waals surface area (Å²) in [5, 5.41) is 3.04. The fourth-order valence-electron chi connectivity index (χ4n) is 8.28. The molecule has 0 saturated heterocycles. The summed E-state index contributed by atoms with van der Waals surface area (Å²) < 4.78 is 30.6. The number of esters is 1. The Labute approximate surface area is 421 Å². The fraction of sp³-hybridized carbons (Fsp3) is 0.862. The largest absolute Gasteiger partial charge is 0.472 e. The van der Waals surface area contributed by atoms with Gasteiger partial charge in [0.25, 0.3) is 0 Å². The maximum absolute atomic E-state index is 13.5. The number of rotatable bonds is 52. The van der Waals surface area contributed by atoms with E-state index in [0.717, 1.165) is 70.6 Å². The molecule has 0 spiro atoms. The van der Waals surface area contributed by atoms with Gasteiger partial charge in [-0.3, -0.25) is 18.6 Å². The molecule has 400 valence electrons. The fourth-order valence-corrected chi connectivity index (χ4v) is 9.02. The SMILES string of the molecule is CCCCCCCC/C=C\CCCCCC(=O)NC(COP(=O)(O)OCC[N+](C)(C)C)C(/C=C/CCCCCCCCCCCC)OC(=O)CCCCCCCCC/C=C/CCCCCCCC. The van der Waals surface area contributed by atoms with Gasteiger partial charge in [0, 0.05) is 12.8 Å². The number of ether oxygens (including phenoxy) is 1. The number of phosphoric ester groups is 1. The van der Waals surface area contributed by atoms with Gasteiger partial charge >= 0.3 is 13.8 Å². The van der Waals surface area contributed by atoms with Crippen LogP contribution in [0.15, 0.2) is 36.5 Å². The number of phosphoric acid groups is 1. The molecule has 0 saturated carbocycles. The van der Waals surface area contributed by atoms with E-state index in [2.05, 4.69) is 50.4 Å². The number of amides is 1. The molecule has 68 heavy (non-hydrogen) atoms. The lowest BCUT2D eigenvalue weighted by molar-refractivity contribution is -0.870. The van der Waals surface area contributed by atoms with Crippen molar-refractivity contribution < 1.29 is 37.3 Å². The Morgan fingerprint density at radius 2 is 0.853 bits per heavy atom. The monoisotopic (exact) mass is 980 g/mol. The molecule has 0 aromatic heterocycles. The third-order valence-electron chi connectivity index (χ3n) is 12.8. The Bertz CT molecular complexity index is 1270. The van der Waals surface area contributed by atoms with E-state index in [-0.39, 0.29) is 31.5 Å². The van der Waals surface area contributed by atoms with E-state index in [4.69, 9.17) is 13.8 Å². The second-order valence-electron chi connectivity index (χ2n) is 20.8. The third-order valence-corrected chi connectivity index (χ3v) is 13.8. The van der Waals surface area contributed by atoms with E-state index in [0.29, 0.717) is 17.4 Å². The smallest absolute Gasteiger partial charge is 0.456 e. The molecule has 3 atom stereocenters. The van der Waals surface area contributed by atoms with Gasteiger partial charge in [0.2, 0.25) is 5.91 Å². The first kappa shape index (κ1) is 66.2. The zero-order valence-electron chi connectivity index (χ0n) is 45.6. The minimum atomic E-state index is -4.44. The number of allylic oxidation sites excluding steroid dienone is 5. The van der Waals surface area contributed by atoms with Crippen LogP contribution >= 0.6 is 7.82 Å². The van der Waals surface area contributed by atoms with Crippen molar-refractivity contribution in [1.29, 1.82) is 0 Å². The van der Waals surface area contributed by atoms with E-state index in [1.54, 1.807) is 0 Å². The number of quaternary nitrogens is 1. The number of carbonyl (C=O) groups excluding carboxylic acids is 2. The number of carbonyl (C=O) groups is 2. The molecule has 0 fully saturated rings. The van der Waals surface area contributed by atoms with Crippen molar-refractivity contribution in [1.82, 2.24) is 5.32 Å². The van der Waals surface area contributed by atoms with Crippen LogP contribution < -0.4 is 5.32 Å². The van der Waals surface area contributed by atoms with E-state index >= 15 is 0 Å². The Kier molecular flexibility index (Phi) is 47.6. The lowest BCUT2D eigenvalue weighted by atomic mass is 10.0. The lowest BCUT2D eigenvalue weighted by Gasteiger charge is -2.27. The van der Waals surface area contributed by atoms with Gasteiger partial charge in [-0.1, -0.05) is 212 Å². The summed E-state index contributed by atoms with van der Waals surface area (Å²) in [7, 11) is 1.49. The number of nitrogens with one attached hydrogen (secondary N) is 1. The summed E-state index contributed by atoms with van der Waals surface area (Å²) in [6.07, 6.45) is 57.0. The molecule has 1 amide bonds. The molecular weight excluding hydrogens is 868 g/mol. The van der Waals surface area contributed by atoms with Crippen LogP contribution in [0.4, 0.5) is 0 Å². The first-order chi connectivity index (χ1) is 32.9. The molecule has 0 aromatic rings. The normalized spacial score (nSPS) is 14.0. The van der Waals surface area contributed by atoms with E-state index < -0.39 is 20.0 Å². The topological polar surface area (TPSA) is 111 Å². The molecule has 10 heteroatoms. The van der Waals surface area contributed by atoms with Crippen LogP contribution in [0, 0.1) is 0 Å². The molecule has 0 rings (SSSR count). The van der Waals surface area contributed by atoms with Crippen molar-refractivity contribution in [3.05, 3.63) is 36.5 Å². The van der Waals surface area contributed by atoms with Gasteiger partial charge in [0.1, 0.15) is 19.3 Å². The standard InChI is InChI=1S/C58H111N2O7P/c1-7-10-13-16-19-22-25-28-29-30-31-33-36-39-42-45-48-51-58(62)67-56(49-46-43-40-37-34-27-24-21-18-15-12-9-3)55(54-66-68(63,64)65-53-52-60(4,5)6)59-57(61)50-47-44-41-38-35-32-26-23-20-17-14-11-8-2/h28-29,32,35,46,49,55-56H,7-27,30-31,33-34,36-45,47-48,50-54H2,1-6H3,(H-,59,61,63,64)/p+1/b29-28+,35-32-,49-46+. The number of likely N-dealkylation sites (N-methyl/N-ethyl adjacent to an activating group) is 1. The van der Waals surface area contributed by atoms with Gasteiger partial charge in [0.05, 0.1) is 33.8 Å². The number of nitrogens with zero attached hydrogens (tertiary/aromatic N) is 1. The van der Waals surface area contributed by atoms with Gasteiger partial charge in [-0.05, 0) is 83.1 Å². The van der Waals surface area contributed by atoms with E-state index in [1.165, 1.54) is 167 Å². The highest BCUT2D eigenvalue weighted by atomic mass is 31.2. The van der Waals surface area contributed by atoms with E-state index in [1.807, 2.05) is 33.3 Å².